The third-order valence-corrected chi connectivity index (χ3v) is 5.28. The molecular formula is C25H22N4O. The summed E-state index contributed by atoms with van der Waals surface area (Å²) in [6.45, 7) is 2.06. The second kappa shape index (κ2) is 7.59. The molecule has 1 fully saturated rings. The summed E-state index contributed by atoms with van der Waals surface area (Å²) in [5.74, 6) is 1.41. The molecule has 0 bridgehead atoms. The van der Waals surface area contributed by atoms with E-state index in [4.69, 9.17) is 9.97 Å². The predicted molar refractivity (Wildman–Crippen MR) is 120 cm³/mol. The zero-order chi connectivity index (χ0) is 20.5. The van der Waals surface area contributed by atoms with Crippen molar-refractivity contribution in [3.8, 4) is 11.4 Å². The molecule has 30 heavy (non-hydrogen) atoms. The molecule has 0 atom stereocenters. The molecule has 1 aliphatic carbocycles. The number of aromatic nitrogens is 2. The Kier molecular flexibility index (Phi) is 4.64. The summed E-state index contributed by atoms with van der Waals surface area (Å²) in [6.07, 6.45) is 2.16. The van der Waals surface area contributed by atoms with Gasteiger partial charge in [-0.1, -0.05) is 42.5 Å². The molecule has 0 unspecified atom stereocenters. The van der Waals surface area contributed by atoms with Crippen molar-refractivity contribution in [1.82, 2.24) is 15.3 Å². The standard InChI is InChI=1S/C25H22N4O/c1-16-6-5-9-21-22(16)28-23(17-7-3-2-4-8-17)29-24(21)26-19-12-10-18(11-13-19)25(30)27-20-14-15-20/h2-13,20H,14-15H2,1H3,(H,27,30)(H,26,28,29). The van der Waals surface area contributed by atoms with Crippen LogP contribution in [-0.4, -0.2) is 21.9 Å². The van der Waals surface area contributed by atoms with Gasteiger partial charge in [0, 0.05) is 28.2 Å². The minimum absolute atomic E-state index is 0.0153. The van der Waals surface area contributed by atoms with E-state index in [0.29, 0.717) is 17.4 Å². The first-order chi connectivity index (χ1) is 14.7. The largest absolute Gasteiger partial charge is 0.349 e. The molecule has 1 saturated carbocycles. The number of anilines is 2. The summed E-state index contributed by atoms with van der Waals surface area (Å²) in [4.78, 5) is 21.9. The molecule has 0 spiro atoms. The molecule has 5 rings (SSSR count). The minimum atomic E-state index is -0.0153. The fraction of sp³-hybridized carbons (Fsp3) is 0.160. The molecule has 148 valence electrons. The highest BCUT2D eigenvalue weighted by Crippen LogP contribution is 2.29. The van der Waals surface area contributed by atoms with Gasteiger partial charge in [-0.3, -0.25) is 4.79 Å². The van der Waals surface area contributed by atoms with Crippen LogP contribution in [0, 0.1) is 6.92 Å². The second-order valence-corrected chi connectivity index (χ2v) is 7.68. The van der Waals surface area contributed by atoms with E-state index in [1.807, 2.05) is 66.7 Å². The van der Waals surface area contributed by atoms with Gasteiger partial charge in [-0.25, -0.2) is 9.97 Å². The molecule has 4 aromatic rings. The van der Waals surface area contributed by atoms with Crippen molar-refractivity contribution in [1.29, 1.82) is 0 Å². The van der Waals surface area contributed by atoms with Crippen LogP contribution in [0.4, 0.5) is 11.5 Å². The lowest BCUT2D eigenvalue weighted by Gasteiger charge is -2.13. The number of hydrogen-bond donors (Lipinski definition) is 2. The van der Waals surface area contributed by atoms with E-state index in [-0.39, 0.29) is 5.91 Å². The van der Waals surface area contributed by atoms with Crippen molar-refractivity contribution >= 4 is 28.3 Å². The monoisotopic (exact) mass is 394 g/mol. The average molecular weight is 394 g/mol. The highest BCUT2D eigenvalue weighted by molar-refractivity contribution is 5.96. The zero-order valence-electron chi connectivity index (χ0n) is 16.7. The number of rotatable bonds is 5. The van der Waals surface area contributed by atoms with Gasteiger partial charge in [-0.15, -0.1) is 0 Å². The molecule has 0 radical (unpaired) electrons. The summed E-state index contributed by atoms with van der Waals surface area (Å²) in [6, 6.07) is 23.9. The number of fused-ring (bicyclic) bond motifs is 1. The van der Waals surface area contributed by atoms with Crippen LogP contribution in [0.2, 0.25) is 0 Å². The number of amides is 1. The van der Waals surface area contributed by atoms with Crippen molar-refractivity contribution in [2.75, 3.05) is 5.32 Å². The molecule has 1 amide bonds. The summed E-state index contributed by atoms with van der Waals surface area (Å²) in [7, 11) is 0. The van der Waals surface area contributed by atoms with Gasteiger partial charge in [0.2, 0.25) is 0 Å². The minimum Gasteiger partial charge on any atom is -0.349 e. The average Bonchev–Trinajstić information content (AvgIpc) is 3.59. The summed E-state index contributed by atoms with van der Waals surface area (Å²) in [5, 5.41) is 7.40. The molecular weight excluding hydrogens is 372 g/mol. The van der Waals surface area contributed by atoms with Crippen molar-refractivity contribution in [3.63, 3.8) is 0 Å². The summed E-state index contributed by atoms with van der Waals surface area (Å²) < 4.78 is 0. The van der Waals surface area contributed by atoms with Crippen LogP contribution in [0.25, 0.3) is 22.3 Å². The number of carbonyl (C=O) groups excluding carboxylic acids is 1. The Morgan fingerprint density at radius 2 is 1.67 bits per heavy atom. The van der Waals surface area contributed by atoms with Crippen LogP contribution >= 0.6 is 0 Å². The fourth-order valence-corrected chi connectivity index (χ4v) is 3.45. The summed E-state index contributed by atoms with van der Waals surface area (Å²) in [5.41, 5.74) is 4.54. The van der Waals surface area contributed by atoms with Gasteiger partial charge in [0.05, 0.1) is 5.52 Å². The van der Waals surface area contributed by atoms with Gasteiger partial charge in [0.15, 0.2) is 5.82 Å². The van der Waals surface area contributed by atoms with Gasteiger partial charge < -0.3 is 10.6 Å². The maximum Gasteiger partial charge on any atom is 0.251 e. The topological polar surface area (TPSA) is 66.9 Å². The zero-order valence-corrected chi connectivity index (χ0v) is 16.7. The van der Waals surface area contributed by atoms with E-state index in [1.54, 1.807) is 0 Å². The predicted octanol–water partition coefficient (Wildman–Crippen LogP) is 5.24. The SMILES string of the molecule is Cc1cccc2c(Nc3ccc(C(=O)NC4CC4)cc3)nc(-c3ccccc3)nc12. The number of aryl methyl sites for hydroxylation is 1. The van der Waals surface area contributed by atoms with Crippen LogP contribution in [0.1, 0.15) is 28.8 Å². The maximum atomic E-state index is 12.2. The molecule has 1 heterocycles. The van der Waals surface area contributed by atoms with Crippen LogP contribution in [0.3, 0.4) is 0 Å². The Morgan fingerprint density at radius 3 is 2.40 bits per heavy atom. The van der Waals surface area contributed by atoms with Gasteiger partial charge in [0.1, 0.15) is 5.82 Å². The maximum absolute atomic E-state index is 12.2. The number of nitrogens with zero attached hydrogens (tertiary/aromatic N) is 2. The molecule has 1 aliphatic rings. The van der Waals surface area contributed by atoms with E-state index in [9.17, 15) is 4.79 Å². The second-order valence-electron chi connectivity index (χ2n) is 7.68. The third kappa shape index (κ3) is 3.74. The number of para-hydroxylation sites is 1. The highest BCUT2D eigenvalue weighted by atomic mass is 16.1. The number of nitrogens with one attached hydrogen (secondary N) is 2. The summed E-state index contributed by atoms with van der Waals surface area (Å²) >= 11 is 0. The molecule has 0 saturated heterocycles. The molecule has 5 nitrogen and oxygen atoms in total. The van der Waals surface area contributed by atoms with Crippen molar-refractivity contribution in [2.24, 2.45) is 0 Å². The van der Waals surface area contributed by atoms with E-state index in [2.05, 4.69) is 23.6 Å². The highest BCUT2D eigenvalue weighted by Gasteiger charge is 2.23. The van der Waals surface area contributed by atoms with E-state index in [1.165, 1.54) is 0 Å². The van der Waals surface area contributed by atoms with Gasteiger partial charge in [-0.2, -0.15) is 0 Å². The van der Waals surface area contributed by atoms with E-state index in [0.717, 1.165) is 46.4 Å². The van der Waals surface area contributed by atoms with Gasteiger partial charge >= 0.3 is 0 Å². The quantitative estimate of drug-likeness (QED) is 0.486. The third-order valence-electron chi connectivity index (χ3n) is 5.28. The number of carbonyl (C=O) groups is 1. The fourth-order valence-electron chi connectivity index (χ4n) is 3.45. The first-order valence-electron chi connectivity index (χ1n) is 10.2. The number of hydrogen-bond acceptors (Lipinski definition) is 4. The smallest absolute Gasteiger partial charge is 0.251 e. The molecule has 2 N–H and O–H groups in total. The van der Waals surface area contributed by atoms with Crippen LogP contribution in [-0.2, 0) is 0 Å². The van der Waals surface area contributed by atoms with Crippen molar-refractivity contribution in [3.05, 3.63) is 83.9 Å². The van der Waals surface area contributed by atoms with Crippen molar-refractivity contribution in [2.45, 2.75) is 25.8 Å². The van der Waals surface area contributed by atoms with E-state index >= 15 is 0 Å². The molecule has 0 aliphatic heterocycles. The Morgan fingerprint density at radius 1 is 0.900 bits per heavy atom. The molecule has 3 aromatic carbocycles. The number of benzene rings is 3. The van der Waals surface area contributed by atoms with Crippen LogP contribution in [0.15, 0.2) is 72.8 Å². The Hall–Kier alpha value is -3.73. The van der Waals surface area contributed by atoms with Crippen LogP contribution in [0.5, 0.6) is 0 Å². The van der Waals surface area contributed by atoms with Gasteiger partial charge in [0.25, 0.3) is 5.91 Å². The van der Waals surface area contributed by atoms with Crippen LogP contribution < -0.4 is 10.6 Å². The van der Waals surface area contributed by atoms with Gasteiger partial charge in [-0.05, 0) is 55.7 Å². The lowest BCUT2D eigenvalue weighted by Crippen LogP contribution is -2.25. The van der Waals surface area contributed by atoms with E-state index < -0.39 is 0 Å². The Bertz CT molecular complexity index is 1220. The molecule has 5 heteroatoms. The lowest BCUT2D eigenvalue weighted by atomic mass is 10.1. The molecule has 1 aromatic heterocycles. The first-order valence-corrected chi connectivity index (χ1v) is 10.2. The Balaban J connectivity index is 1.50. The van der Waals surface area contributed by atoms with Crippen molar-refractivity contribution < 1.29 is 4.79 Å². The lowest BCUT2D eigenvalue weighted by molar-refractivity contribution is 0.0951. The first kappa shape index (κ1) is 18.3. The normalized spacial score (nSPS) is 13.2. The Labute approximate surface area is 175 Å².